The lowest BCUT2D eigenvalue weighted by molar-refractivity contribution is 0.328. The van der Waals surface area contributed by atoms with E-state index in [2.05, 4.69) is 10.2 Å². The normalized spacial score (nSPS) is 10.7. The average molecular weight is 191 g/mol. The Labute approximate surface area is 82.1 Å². The SMILES string of the molecule is Cc1[nH]nc2cc(OCCN)ccc12. The van der Waals surface area contributed by atoms with Gasteiger partial charge in [0.25, 0.3) is 0 Å². The van der Waals surface area contributed by atoms with Crippen molar-refractivity contribution in [2.24, 2.45) is 5.73 Å². The molecule has 0 atom stereocenters. The third-order valence-electron chi connectivity index (χ3n) is 2.10. The summed E-state index contributed by atoms with van der Waals surface area (Å²) in [4.78, 5) is 0. The lowest BCUT2D eigenvalue weighted by Crippen LogP contribution is -2.10. The minimum absolute atomic E-state index is 0.525. The standard InChI is InChI=1S/C10H13N3O/c1-7-9-3-2-8(14-5-4-11)6-10(9)13-12-7/h2-3,6H,4-5,11H2,1H3,(H,12,13). The predicted molar refractivity (Wildman–Crippen MR) is 55.4 cm³/mol. The Hall–Kier alpha value is -1.55. The van der Waals surface area contributed by atoms with Crippen LogP contribution in [0.15, 0.2) is 18.2 Å². The van der Waals surface area contributed by atoms with Gasteiger partial charge >= 0.3 is 0 Å². The van der Waals surface area contributed by atoms with Crippen LogP contribution >= 0.6 is 0 Å². The van der Waals surface area contributed by atoms with Gasteiger partial charge in [0, 0.05) is 23.7 Å². The highest BCUT2D eigenvalue weighted by molar-refractivity contribution is 5.82. The summed E-state index contributed by atoms with van der Waals surface area (Å²) in [6.45, 7) is 3.06. The van der Waals surface area contributed by atoms with Gasteiger partial charge in [-0.2, -0.15) is 5.10 Å². The first-order chi connectivity index (χ1) is 6.81. The van der Waals surface area contributed by atoms with Crippen LogP contribution in [0, 0.1) is 6.92 Å². The van der Waals surface area contributed by atoms with Crippen molar-refractivity contribution in [2.45, 2.75) is 6.92 Å². The van der Waals surface area contributed by atoms with Gasteiger partial charge in [-0.15, -0.1) is 0 Å². The molecule has 1 aromatic carbocycles. The number of nitrogens with one attached hydrogen (secondary N) is 1. The quantitative estimate of drug-likeness (QED) is 0.766. The van der Waals surface area contributed by atoms with Gasteiger partial charge in [0.05, 0.1) is 5.52 Å². The number of rotatable bonds is 3. The van der Waals surface area contributed by atoms with E-state index < -0.39 is 0 Å². The fraction of sp³-hybridized carbons (Fsp3) is 0.300. The van der Waals surface area contributed by atoms with Gasteiger partial charge in [0.1, 0.15) is 12.4 Å². The molecule has 0 saturated heterocycles. The number of nitrogens with two attached hydrogens (primary N) is 1. The number of aromatic amines is 1. The maximum absolute atomic E-state index is 5.39. The van der Waals surface area contributed by atoms with Crippen LogP contribution in [0.4, 0.5) is 0 Å². The molecule has 0 aliphatic carbocycles. The van der Waals surface area contributed by atoms with Crippen LogP contribution in [0.2, 0.25) is 0 Å². The van der Waals surface area contributed by atoms with Crippen molar-refractivity contribution in [1.29, 1.82) is 0 Å². The number of fused-ring (bicyclic) bond motifs is 1. The third-order valence-corrected chi connectivity index (χ3v) is 2.10. The van der Waals surface area contributed by atoms with Crippen molar-refractivity contribution < 1.29 is 4.74 Å². The summed E-state index contributed by atoms with van der Waals surface area (Å²) in [5, 5.41) is 8.21. The summed E-state index contributed by atoms with van der Waals surface area (Å²) in [5.74, 6) is 0.814. The molecule has 0 unspecified atom stereocenters. The van der Waals surface area contributed by atoms with E-state index in [4.69, 9.17) is 10.5 Å². The Bertz CT molecular complexity index is 436. The van der Waals surface area contributed by atoms with Gasteiger partial charge in [-0.1, -0.05) is 0 Å². The molecule has 0 amide bonds. The second-order valence-electron chi connectivity index (χ2n) is 3.16. The van der Waals surface area contributed by atoms with Crippen molar-refractivity contribution in [3.63, 3.8) is 0 Å². The summed E-state index contributed by atoms with van der Waals surface area (Å²) in [5.41, 5.74) is 7.35. The zero-order valence-corrected chi connectivity index (χ0v) is 8.08. The summed E-state index contributed by atoms with van der Waals surface area (Å²) >= 11 is 0. The number of aromatic nitrogens is 2. The first kappa shape index (κ1) is 9.02. The molecular formula is C10H13N3O. The second kappa shape index (κ2) is 3.67. The van der Waals surface area contributed by atoms with Gasteiger partial charge in [-0.05, 0) is 19.1 Å². The van der Waals surface area contributed by atoms with Crippen molar-refractivity contribution >= 4 is 10.9 Å². The fourth-order valence-electron chi connectivity index (χ4n) is 1.39. The highest BCUT2D eigenvalue weighted by atomic mass is 16.5. The van der Waals surface area contributed by atoms with Crippen LogP contribution in [0.3, 0.4) is 0 Å². The number of hydrogen-bond donors (Lipinski definition) is 2. The monoisotopic (exact) mass is 191 g/mol. The molecule has 0 aliphatic rings. The Balaban J connectivity index is 2.32. The topological polar surface area (TPSA) is 63.9 Å². The first-order valence-corrected chi connectivity index (χ1v) is 4.59. The van der Waals surface area contributed by atoms with Gasteiger partial charge in [0.15, 0.2) is 0 Å². The largest absolute Gasteiger partial charge is 0.492 e. The van der Waals surface area contributed by atoms with Gasteiger partial charge < -0.3 is 10.5 Å². The van der Waals surface area contributed by atoms with Crippen LogP contribution in [-0.2, 0) is 0 Å². The van der Waals surface area contributed by atoms with E-state index in [0.29, 0.717) is 13.2 Å². The Kier molecular flexibility index (Phi) is 2.37. The predicted octanol–water partition coefficient (Wildman–Crippen LogP) is 1.21. The van der Waals surface area contributed by atoms with E-state index in [0.717, 1.165) is 22.3 Å². The zero-order chi connectivity index (χ0) is 9.97. The third kappa shape index (κ3) is 1.56. The molecular weight excluding hydrogens is 178 g/mol. The molecule has 0 spiro atoms. The molecule has 0 fully saturated rings. The van der Waals surface area contributed by atoms with Crippen molar-refractivity contribution in [1.82, 2.24) is 10.2 Å². The first-order valence-electron chi connectivity index (χ1n) is 4.59. The van der Waals surface area contributed by atoms with Crippen LogP contribution in [0.25, 0.3) is 10.9 Å². The Morgan fingerprint density at radius 3 is 3.14 bits per heavy atom. The Morgan fingerprint density at radius 2 is 2.36 bits per heavy atom. The molecule has 1 aromatic heterocycles. The average Bonchev–Trinajstić information content (AvgIpc) is 2.57. The molecule has 14 heavy (non-hydrogen) atoms. The van der Waals surface area contributed by atoms with E-state index in [9.17, 15) is 0 Å². The van der Waals surface area contributed by atoms with Crippen molar-refractivity contribution in [3.05, 3.63) is 23.9 Å². The van der Waals surface area contributed by atoms with Crippen LogP contribution in [-0.4, -0.2) is 23.3 Å². The summed E-state index contributed by atoms with van der Waals surface area (Å²) in [6.07, 6.45) is 0. The summed E-state index contributed by atoms with van der Waals surface area (Å²) in [7, 11) is 0. The van der Waals surface area contributed by atoms with Gasteiger partial charge in [-0.3, -0.25) is 5.10 Å². The number of H-pyrrole nitrogens is 1. The van der Waals surface area contributed by atoms with E-state index in [1.165, 1.54) is 0 Å². The van der Waals surface area contributed by atoms with Gasteiger partial charge in [-0.25, -0.2) is 0 Å². The minimum Gasteiger partial charge on any atom is -0.492 e. The smallest absolute Gasteiger partial charge is 0.121 e. The lowest BCUT2D eigenvalue weighted by atomic mass is 10.2. The zero-order valence-electron chi connectivity index (χ0n) is 8.08. The lowest BCUT2D eigenvalue weighted by Gasteiger charge is -2.03. The highest BCUT2D eigenvalue weighted by Gasteiger charge is 2.02. The van der Waals surface area contributed by atoms with Crippen LogP contribution < -0.4 is 10.5 Å². The maximum atomic E-state index is 5.39. The van der Waals surface area contributed by atoms with Crippen molar-refractivity contribution in [2.75, 3.05) is 13.2 Å². The molecule has 2 rings (SSSR count). The molecule has 0 bridgehead atoms. The number of nitrogens with zero attached hydrogens (tertiary/aromatic N) is 1. The van der Waals surface area contributed by atoms with E-state index in [1.54, 1.807) is 0 Å². The molecule has 74 valence electrons. The maximum Gasteiger partial charge on any atom is 0.121 e. The second-order valence-corrected chi connectivity index (χ2v) is 3.16. The number of aryl methyl sites for hydroxylation is 1. The van der Waals surface area contributed by atoms with E-state index >= 15 is 0 Å². The molecule has 1 heterocycles. The molecule has 0 aliphatic heterocycles. The van der Waals surface area contributed by atoms with E-state index in [-0.39, 0.29) is 0 Å². The number of hydrogen-bond acceptors (Lipinski definition) is 3. The summed E-state index contributed by atoms with van der Waals surface area (Å²) < 4.78 is 5.39. The minimum atomic E-state index is 0.525. The highest BCUT2D eigenvalue weighted by Crippen LogP contribution is 2.20. The van der Waals surface area contributed by atoms with Gasteiger partial charge in [0.2, 0.25) is 0 Å². The molecule has 3 N–H and O–H groups in total. The van der Waals surface area contributed by atoms with Crippen LogP contribution in [0.1, 0.15) is 5.69 Å². The molecule has 4 nitrogen and oxygen atoms in total. The van der Waals surface area contributed by atoms with Crippen LogP contribution in [0.5, 0.6) is 5.75 Å². The number of ether oxygens (including phenoxy) is 1. The molecule has 0 radical (unpaired) electrons. The molecule has 0 saturated carbocycles. The number of benzene rings is 1. The van der Waals surface area contributed by atoms with E-state index in [1.807, 2.05) is 25.1 Å². The summed E-state index contributed by atoms with van der Waals surface area (Å²) in [6, 6.07) is 5.84. The Morgan fingerprint density at radius 1 is 1.50 bits per heavy atom. The fourth-order valence-corrected chi connectivity index (χ4v) is 1.39. The molecule has 4 heteroatoms. The molecule has 2 aromatic rings. The van der Waals surface area contributed by atoms with Crippen molar-refractivity contribution in [3.8, 4) is 5.75 Å².